The number of aromatic nitrogens is 4. The molecule has 0 fully saturated rings. The minimum atomic E-state index is -3.83. The fourth-order valence-electron chi connectivity index (χ4n) is 2.17. The smallest absolute Gasteiger partial charge is 0.301 e. The Hall–Kier alpha value is -3.87. The molecule has 0 aliphatic rings. The third kappa shape index (κ3) is 3.93. The van der Waals surface area contributed by atoms with E-state index in [0.29, 0.717) is 11.4 Å². The molecule has 0 unspecified atom stereocenters. The minimum Gasteiger partial charge on any atom is -0.368 e. The molecule has 0 spiro atoms. The number of nitrogens with zero attached hydrogens (tertiary/aromatic N) is 5. The zero-order chi connectivity index (χ0) is 20.3. The van der Waals surface area contributed by atoms with E-state index in [2.05, 4.69) is 30.0 Å². The molecule has 0 saturated heterocycles. The van der Waals surface area contributed by atoms with Crippen molar-refractivity contribution in [1.82, 2.24) is 19.7 Å². The molecular weight excluding hydrogens is 386 g/mol. The first-order chi connectivity index (χ1) is 13.3. The fraction of sp³-hybridized carbons (Fsp3) is 0.0667. The SMILES string of the molecule is Cc1[nH]n(C(=N)N)c(=O)c1N=Nc1ccc(S(=O)(=O)Nc2ccncn2)cc1. The molecule has 2 heterocycles. The van der Waals surface area contributed by atoms with Gasteiger partial charge in [-0.25, -0.2) is 18.4 Å². The molecule has 0 saturated carbocycles. The number of hydrogen-bond donors (Lipinski definition) is 4. The van der Waals surface area contributed by atoms with E-state index in [0.717, 1.165) is 4.68 Å². The highest BCUT2D eigenvalue weighted by molar-refractivity contribution is 7.92. The molecule has 28 heavy (non-hydrogen) atoms. The summed E-state index contributed by atoms with van der Waals surface area (Å²) in [7, 11) is -3.83. The third-order valence-electron chi connectivity index (χ3n) is 3.51. The van der Waals surface area contributed by atoms with Gasteiger partial charge in [0.05, 0.1) is 16.3 Å². The average molecular weight is 401 g/mol. The van der Waals surface area contributed by atoms with Crippen LogP contribution in [0.25, 0.3) is 0 Å². The first kappa shape index (κ1) is 18.9. The number of aromatic amines is 1. The van der Waals surface area contributed by atoms with Gasteiger partial charge in [0.1, 0.15) is 12.1 Å². The molecule has 0 radical (unpaired) electrons. The van der Waals surface area contributed by atoms with Gasteiger partial charge in [0.15, 0.2) is 5.69 Å². The summed E-state index contributed by atoms with van der Waals surface area (Å²) in [5.41, 5.74) is 5.39. The normalized spacial score (nSPS) is 11.6. The van der Waals surface area contributed by atoms with E-state index < -0.39 is 21.5 Å². The second-order valence-electron chi connectivity index (χ2n) is 5.51. The number of anilines is 1. The lowest BCUT2D eigenvalue weighted by molar-refractivity contribution is 0.601. The van der Waals surface area contributed by atoms with Crippen molar-refractivity contribution in [3.63, 3.8) is 0 Å². The third-order valence-corrected chi connectivity index (χ3v) is 4.89. The molecule has 12 nitrogen and oxygen atoms in total. The molecule has 3 rings (SSSR count). The number of sulfonamides is 1. The van der Waals surface area contributed by atoms with Gasteiger partial charge in [0.25, 0.3) is 10.0 Å². The van der Waals surface area contributed by atoms with Gasteiger partial charge in [-0.2, -0.15) is 9.80 Å². The molecular formula is C15H15N9O3S. The number of nitrogens with two attached hydrogens (primary N) is 1. The Morgan fingerprint density at radius 2 is 1.96 bits per heavy atom. The van der Waals surface area contributed by atoms with Crippen LogP contribution in [-0.4, -0.2) is 34.1 Å². The highest BCUT2D eigenvalue weighted by Gasteiger charge is 2.15. The molecule has 0 bridgehead atoms. The van der Waals surface area contributed by atoms with Crippen molar-refractivity contribution in [1.29, 1.82) is 5.41 Å². The number of hydrogen-bond acceptors (Lipinski definition) is 8. The molecule has 2 aromatic heterocycles. The Morgan fingerprint density at radius 1 is 1.25 bits per heavy atom. The van der Waals surface area contributed by atoms with E-state index in [-0.39, 0.29) is 16.4 Å². The summed E-state index contributed by atoms with van der Waals surface area (Å²) in [6, 6.07) is 6.98. The predicted molar refractivity (Wildman–Crippen MR) is 101 cm³/mol. The van der Waals surface area contributed by atoms with Gasteiger partial charge in [-0.05, 0) is 37.3 Å². The maximum Gasteiger partial charge on any atom is 0.301 e. The van der Waals surface area contributed by atoms with E-state index in [1.54, 1.807) is 6.92 Å². The van der Waals surface area contributed by atoms with E-state index in [1.807, 2.05) is 0 Å². The Morgan fingerprint density at radius 3 is 2.54 bits per heavy atom. The van der Waals surface area contributed by atoms with Crippen LogP contribution in [0, 0.1) is 12.3 Å². The standard InChI is InChI=1S/C15H15N9O3S/c1-9-13(14(25)24(22-9)15(16)17)21-20-10-2-4-11(5-3-10)28(26,27)23-12-6-7-18-8-19-12/h2-8,22H,1H3,(H3,16,17)(H,18,19,23). The topological polar surface area (TPSA) is 184 Å². The van der Waals surface area contributed by atoms with Crippen LogP contribution in [0.15, 0.2) is 62.8 Å². The highest BCUT2D eigenvalue weighted by atomic mass is 32.2. The van der Waals surface area contributed by atoms with E-state index in [4.69, 9.17) is 11.1 Å². The highest BCUT2D eigenvalue weighted by Crippen LogP contribution is 2.21. The summed E-state index contributed by atoms with van der Waals surface area (Å²) >= 11 is 0. The van der Waals surface area contributed by atoms with Gasteiger partial charge in [-0.15, -0.1) is 5.11 Å². The Bertz CT molecular complexity index is 1200. The summed E-state index contributed by atoms with van der Waals surface area (Å²) in [4.78, 5) is 19.6. The van der Waals surface area contributed by atoms with Gasteiger partial charge >= 0.3 is 5.56 Å². The monoisotopic (exact) mass is 401 g/mol. The number of azo groups is 1. The zero-order valence-corrected chi connectivity index (χ0v) is 15.3. The fourth-order valence-corrected chi connectivity index (χ4v) is 3.18. The second kappa shape index (κ2) is 7.40. The molecule has 1 aromatic carbocycles. The molecule has 0 aliphatic heterocycles. The number of aryl methyl sites for hydroxylation is 1. The average Bonchev–Trinajstić information content (AvgIpc) is 2.95. The van der Waals surface area contributed by atoms with Gasteiger partial charge in [0.2, 0.25) is 5.96 Å². The zero-order valence-electron chi connectivity index (χ0n) is 14.5. The largest absolute Gasteiger partial charge is 0.368 e. The summed E-state index contributed by atoms with van der Waals surface area (Å²) in [5, 5.41) is 17.7. The van der Waals surface area contributed by atoms with E-state index >= 15 is 0 Å². The molecule has 0 aliphatic carbocycles. The Kier molecular flexibility index (Phi) is 5.00. The van der Waals surface area contributed by atoms with E-state index in [1.165, 1.54) is 42.9 Å². The molecule has 144 valence electrons. The van der Waals surface area contributed by atoms with Crippen molar-refractivity contribution in [3.8, 4) is 0 Å². The number of rotatable bonds is 5. The molecule has 5 N–H and O–H groups in total. The van der Waals surface area contributed by atoms with Crippen LogP contribution in [0.3, 0.4) is 0 Å². The van der Waals surface area contributed by atoms with Gasteiger partial charge in [0, 0.05) is 6.20 Å². The van der Waals surface area contributed by atoms with Crippen LogP contribution in [0.4, 0.5) is 17.2 Å². The van der Waals surface area contributed by atoms with Crippen molar-refractivity contribution in [2.24, 2.45) is 16.0 Å². The lowest BCUT2D eigenvalue weighted by Crippen LogP contribution is -2.30. The second-order valence-corrected chi connectivity index (χ2v) is 7.19. The lowest BCUT2D eigenvalue weighted by Gasteiger charge is -2.06. The maximum atomic E-state index is 12.3. The Balaban J connectivity index is 1.81. The first-order valence-electron chi connectivity index (χ1n) is 7.74. The van der Waals surface area contributed by atoms with Crippen LogP contribution in [0.2, 0.25) is 0 Å². The van der Waals surface area contributed by atoms with Gasteiger partial charge in [-0.1, -0.05) is 0 Å². The molecule has 0 atom stereocenters. The van der Waals surface area contributed by atoms with Crippen LogP contribution in [-0.2, 0) is 10.0 Å². The lowest BCUT2D eigenvalue weighted by atomic mass is 10.3. The van der Waals surface area contributed by atoms with Crippen LogP contribution in [0.5, 0.6) is 0 Å². The van der Waals surface area contributed by atoms with E-state index in [9.17, 15) is 13.2 Å². The predicted octanol–water partition coefficient (Wildman–Crippen LogP) is 1.23. The number of H-pyrrole nitrogens is 1. The van der Waals surface area contributed by atoms with Crippen molar-refractivity contribution in [3.05, 3.63) is 58.9 Å². The molecule has 3 aromatic rings. The molecule has 0 amide bonds. The summed E-state index contributed by atoms with van der Waals surface area (Å²) in [5.74, 6) is -0.330. The number of benzene rings is 1. The van der Waals surface area contributed by atoms with Crippen LogP contribution >= 0.6 is 0 Å². The minimum absolute atomic E-state index is 0.00169. The van der Waals surface area contributed by atoms with Crippen LogP contribution < -0.4 is 16.0 Å². The van der Waals surface area contributed by atoms with Gasteiger partial charge in [-0.3, -0.25) is 20.0 Å². The maximum absolute atomic E-state index is 12.3. The number of nitrogen functional groups attached to an aromatic ring is 1. The first-order valence-corrected chi connectivity index (χ1v) is 9.23. The quantitative estimate of drug-likeness (QED) is 0.283. The summed E-state index contributed by atoms with van der Waals surface area (Å²) < 4.78 is 27.8. The van der Waals surface area contributed by atoms with Crippen molar-refractivity contribution in [2.45, 2.75) is 11.8 Å². The van der Waals surface area contributed by atoms with Crippen molar-refractivity contribution in [2.75, 3.05) is 4.72 Å². The van der Waals surface area contributed by atoms with Gasteiger partial charge < -0.3 is 5.73 Å². The van der Waals surface area contributed by atoms with Crippen molar-refractivity contribution >= 4 is 33.2 Å². The van der Waals surface area contributed by atoms with Crippen LogP contribution in [0.1, 0.15) is 5.69 Å². The number of nitrogens with one attached hydrogen (secondary N) is 3. The van der Waals surface area contributed by atoms with Crippen molar-refractivity contribution < 1.29 is 8.42 Å². The summed E-state index contributed by atoms with van der Waals surface area (Å²) in [6.45, 7) is 1.59. The Labute approximate surface area is 158 Å². The summed E-state index contributed by atoms with van der Waals surface area (Å²) in [6.07, 6.45) is 2.64. The molecule has 13 heteroatoms.